The number of rotatable bonds is 9. The van der Waals surface area contributed by atoms with E-state index in [0.29, 0.717) is 55.4 Å². The fourth-order valence-corrected chi connectivity index (χ4v) is 3.70. The van der Waals surface area contributed by atoms with E-state index in [1.165, 1.54) is 0 Å². The number of nitrogens with one attached hydrogen (secondary N) is 1. The molecule has 2 aromatic rings. The Labute approximate surface area is 188 Å². The lowest BCUT2D eigenvalue weighted by molar-refractivity contribution is -0.131. The number of piperidine rings is 1. The molecule has 1 saturated heterocycles. The molecule has 0 unspecified atom stereocenters. The van der Waals surface area contributed by atoms with Gasteiger partial charge >= 0.3 is 0 Å². The van der Waals surface area contributed by atoms with E-state index in [-0.39, 0.29) is 24.5 Å². The fraction of sp³-hybridized carbons (Fsp3) is 0.417. The minimum atomic E-state index is -0.189. The van der Waals surface area contributed by atoms with Crippen LogP contribution in [0, 0.1) is 0 Å². The summed E-state index contributed by atoms with van der Waals surface area (Å²) < 4.78 is 21.3. The van der Waals surface area contributed by atoms with Gasteiger partial charge in [0.1, 0.15) is 0 Å². The van der Waals surface area contributed by atoms with Crippen LogP contribution in [0.25, 0.3) is 0 Å². The van der Waals surface area contributed by atoms with Crippen molar-refractivity contribution in [3.63, 3.8) is 0 Å². The van der Waals surface area contributed by atoms with Crippen molar-refractivity contribution in [2.75, 3.05) is 41.0 Å². The normalized spacial score (nSPS) is 13.9. The Morgan fingerprint density at radius 2 is 1.53 bits per heavy atom. The van der Waals surface area contributed by atoms with Gasteiger partial charge in [-0.15, -0.1) is 0 Å². The van der Waals surface area contributed by atoms with Crippen molar-refractivity contribution in [3.05, 3.63) is 48.0 Å². The molecular weight excluding hydrogens is 412 g/mol. The van der Waals surface area contributed by atoms with E-state index in [1.54, 1.807) is 39.5 Å². The van der Waals surface area contributed by atoms with Crippen molar-refractivity contribution < 1.29 is 28.5 Å². The zero-order valence-corrected chi connectivity index (χ0v) is 18.8. The number of hydrogen-bond acceptors (Lipinski definition) is 6. The highest BCUT2D eigenvalue weighted by atomic mass is 16.5. The highest BCUT2D eigenvalue weighted by Crippen LogP contribution is 2.28. The van der Waals surface area contributed by atoms with Gasteiger partial charge in [0, 0.05) is 19.1 Å². The molecule has 1 aliphatic rings. The number of amides is 2. The van der Waals surface area contributed by atoms with Crippen molar-refractivity contribution in [3.8, 4) is 23.0 Å². The molecule has 1 fully saturated rings. The Balaban J connectivity index is 1.43. The lowest BCUT2D eigenvalue weighted by atomic mass is 10.0. The van der Waals surface area contributed by atoms with Crippen molar-refractivity contribution >= 4 is 11.8 Å². The second kappa shape index (κ2) is 11.3. The van der Waals surface area contributed by atoms with Gasteiger partial charge in [-0.05, 0) is 42.7 Å². The summed E-state index contributed by atoms with van der Waals surface area (Å²) in [5, 5.41) is 2.99. The first-order chi connectivity index (χ1) is 15.5. The molecule has 1 aliphatic heterocycles. The third-order valence-electron chi connectivity index (χ3n) is 5.44. The molecule has 0 saturated carbocycles. The molecule has 0 bridgehead atoms. The maximum absolute atomic E-state index is 12.7. The predicted molar refractivity (Wildman–Crippen MR) is 119 cm³/mol. The fourth-order valence-electron chi connectivity index (χ4n) is 3.70. The summed E-state index contributed by atoms with van der Waals surface area (Å²) in [6.45, 7) is 1.12. The standard InChI is InChI=1S/C24H30N2O6/c1-29-19-6-4-5-7-21(19)32-16-23(27)25-18-10-12-26(13-11-18)24(28)15-17-8-9-20(30-2)22(14-17)31-3/h4-9,14,18H,10-13,15-16H2,1-3H3,(H,25,27). The van der Waals surface area contributed by atoms with Crippen LogP contribution in [-0.2, 0) is 16.0 Å². The van der Waals surface area contributed by atoms with Crippen molar-refractivity contribution in [2.24, 2.45) is 0 Å². The van der Waals surface area contributed by atoms with Gasteiger partial charge in [0.15, 0.2) is 29.6 Å². The Hall–Kier alpha value is -3.42. The molecule has 172 valence electrons. The largest absolute Gasteiger partial charge is 0.493 e. The molecule has 8 nitrogen and oxygen atoms in total. The second-order valence-corrected chi connectivity index (χ2v) is 7.53. The Kier molecular flexibility index (Phi) is 8.19. The number of para-hydroxylation sites is 2. The van der Waals surface area contributed by atoms with E-state index in [1.807, 2.05) is 29.2 Å². The SMILES string of the molecule is COc1ccc(CC(=O)N2CCC(NC(=O)COc3ccccc3OC)CC2)cc1OC. The summed E-state index contributed by atoms with van der Waals surface area (Å²) in [5.41, 5.74) is 0.872. The smallest absolute Gasteiger partial charge is 0.258 e. The molecule has 2 aromatic carbocycles. The first-order valence-electron chi connectivity index (χ1n) is 10.6. The van der Waals surface area contributed by atoms with Crippen LogP contribution < -0.4 is 24.3 Å². The monoisotopic (exact) mass is 442 g/mol. The van der Waals surface area contributed by atoms with Crippen molar-refractivity contribution in [2.45, 2.75) is 25.3 Å². The van der Waals surface area contributed by atoms with Gasteiger partial charge in [0.25, 0.3) is 5.91 Å². The van der Waals surface area contributed by atoms with E-state index >= 15 is 0 Å². The Bertz CT molecular complexity index is 924. The number of hydrogen-bond donors (Lipinski definition) is 1. The van der Waals surface area contributed by atoms with E-state index in [0.717, 1.165) is 5.56 Å². The van der Waals surface area contributed by atoms with E-state index in [9.17, 15) is 9.59 Å². The zero-order valence-electron chi connectivity index (χ0n) is 18.8. The van der Waals surface area contributed by atoms with Gasteiger partial charge in [-0.3, -0.25) is 9.59 Å². The summed E-state index contributed by atoms with van der Waals surface area (Å²) >= 11 is 0. The molecule has 0 spiro atoms. The molecule has 8 heteroatoms. The lowest BCUT2D eigenvalue weighted by Gasteiger charge is -2.32. The molecule has 32 heavy (non-hydrogen) atoms. The third kappa shape index (κ3) is 6.06. The minimum absolute atomic E-state index is 0.0221. The average molecular weight is 443 g/mol. The Morgan fingerprint density at radius 1 is 0.906 bits per heavy atom. The van der Waals surface area contributed by atoms with Crippen LogP contribution in [0.15, 0.2) is 42.5 Å². The molecule has 0 radical (unpaired) electrons. The summed E-state index contributed by atoms with van der Waals surface area (Å²) in [4.78, 5) is 26.8. The van der Waals surface area contributed by atoms with Crippen LogP contribution in [-0.4, -0.2) is 63.8 Å². The zero-order chi connectivity index (χ0) is 22.9. The van der Waals surface area contributed by atoms with Gasteiger partial charge < -0.3 is 29.2 Å². The number of ether oxygens (including phenoxy) is 4. The molecule has 0 atom stereocenters. The topological polar surface area (TPSA) is 86.3 Å². The number of methoxy groups -OCH3 is 3. The van der Waals surface area contributed by atoms with Crippen LogP contribution in [0.4, 0.5) is 0 Å². The van der Waals surface area contributed by atoms with E-state index < -0.39 is 0 Å². The number of carbonyl (C=O) groups is 2. The average Bonchev–Trinajstić information content (AvgIpc) is 2.83. The summed E-state index contributed by atoms with van der Waals surface area (Å²) in [6, 6.07) is 12.7. The number of carbonyl (C=O) groups excluding carboxylic acids is 2. The molecule has 0 aromatic heterocycles. The Morgan fingerprint density at radius 3 is 2.19 bits per heavy atom. The van der Waals surface area contributed by atoms with Crippen LogP contribution in [0.5, 0.6) is 23.0 Å². The first kappa shape index (κ1) is 23.2. The quantitative estimate of drug-likeness (QED) is 0.642. The predicted octanol–water partition coefficient (Wildman–Crippen LogP) is 2.44. The third-order valence-corrected chi connectivity index (χ3v) is 5.44. The van der Waals surface area contributed by atoms with E-state index in [4.69, 9.17) is 18.9 Å². The minimum Gasteiger partial charge on any atom is -0.493 e. The molecule has 1 N–H and O–H groups in total. The van der Waals surface area contributed by atoms with E-state index in [2.05, 4.69) is 5.32 Å². The van der Waals surface area contributed by atoms with Gasteiger partial charge in [-0.1, -0.05) is 18.2 Å². The molecule has 3 rings (SSSR count). The summed E-state index contributed by atoms with van der Waals surface area (Å²) in [6.07, 6.45) is 1.71. The van der Waals surface area contributed by atoms with Crippen LogP contribution in [0.3, 0.4) is 0 Å². The highest BCUT2D eigenvalue weighted by Gasteiger charge is 2.24. The highest BCUT2D eigenvalue weighted by molar-refractivity contribution is 5.79. The van der Waals surface area contributed by atoms with Gasteiger partial charge in [0.05, 0.1) is 27.8 Å². The molecule has 2 amide bonds. The molecule has 0 aliphatic carbocycles. The second-order valence-electron chi connectivity index (χ2n) is 7.53. The maximum atomic E-state index is 12.7. The number of likely N-dealkylation sites (tertiary alicyclic amines) is 1. The maximum Gasteiger partial charge on any atom is 0.258 e. The van der Waals surface area contributed by atoms with Crippen molar-refractivity contribution in [1.82, 2.24) is 10.2 Å². The first-order valence-corrected chi connectivity index (χ1v) is 10.6. The van der Waals surface area contributed by atoms with Crippen LogP contribution >= 0.6 is 0 Å². The van der Waals surface area contributed by atoms with Crippen LogP contribution in [0.1, 0.15) is 18.4 Å². The van der Waals surface area contributed by atoms with Crippen LogP contribution in [0.2, 0.25) is 0 Å². The van der Waals surface area contributed by atoms with Crippen molar-refractivity contribution in [1.29, 1.82) is 0 Å². The summed E-state index contributed by atoms with van der Waals surface area (Å²) in [5.74, 6) is 2.22. The molecular formula is C24H30N2O6. The number of nitrogens with zero attached hydrogens (tertiary/aromatic N) is 1. The summed E-state index contributed by atoms with van der Waals surface area (Å²) in [7, 11) is 4.71. The lowest BCUT2D eigenvalue weighted by Crippen LogP contribution is -2.47. The molecule has 1 heterocycles. The number of benzene rings is 2. The van der Waals surface area contributed by atoms with Gasteiger partial charge in [0.2, 0.25) is 5.91 Å². The van der Waals surface area contributed by atoms with Gasteiger partial charge in [-0.25, -0.2) is 0 Å². The van der Waals surface area contributed by atoms with Gasteiger partial charge in [-0.2, -0.15) is 0 Å².